The lowest BCUT2D eigenvalue weighted by Gasteiger charge is -2.21. The Hall–Kier alpha value is -2.30. The molecule has 0 radical (unpaired) electrons. The number of sulfonamides is 1. The largest absolute Gasteiger partial charge is 0.360 e. The number of carbonyl (C=O) groups excluding carboxylic acids is 1. The van der Waals surface area contributed by atoms with Gasteiger partial charge in [-0.05, 0) is 38.8 Å². The van der Waals surface area contributed by atoms with Crippen LogP contribution in [0.1, 0.15) is 24.3 Å². The molecule has 0 aliphatic carbocycles. The summed E-state index contributed by atoms with van der Waals surface area (Å²) >= 11 is 1.40. The second kappa shape index (κ2) is 6.94. The molecule has 0 unspecified atom stereocenters. The molecule has 1 atom stereocenters. The van der Waals surface area contributed by atoms with Gasteiger partial charge in [0.15, 0.2) is 10.6 Å². The number of para-hydroxylation sites is 1. The van der Waals surface area contributed by atoms with E-state index in [0.717, 1.165) is 10.2 Å². The van der Waals surface area contributed by atoms with Crippen LogP contribution < -0.4 is 4.80 Å². The molecular formula is C18H20N4O4S2. The predicted molar refractivity (Wildman–Crippen MR) is 104 cm³/mol. The maximum atomic E-state index is 13.1. The molecule has 1 aliphatic heterocycles. The summed E-state index contributed by atoms with van der Waals surface area (Å²) in [6, 6.07) is 6.96. The van der Waals surface area contributed by atoms with Gasteiger partial charge >= 0.3 is 0 Å². The van der Waals surface area contributed by atoms with Crippen molar-refractivity contribution in [3.63, 3.8) is 0 Å². The summed E-state index contributed by atoms with van der Waals surface area (Å²) < 4.78 is 35.4. The molecule has 1 aromatic carbocycles. The molecule has 0 N–H and O–H groups in total. The Kier molecular flexibility index (Phi) is 4.72. The van der Waals surface area contributed by atoms with Gasteiger partial charge in [-0.15, -0.1) is 0 Å². The molecule has 1 saturated heterocycles. The fraction of sp³-hybridized carbons (Fsp3) is 0.389. The number of fused-ring (bicyclic) bond motifs is 1. The summed E-state index contributed by atoms with van der Waals surface area (Å²) in [5.41, 5.74) is 1.27. The van der Waals surface area contributed by atoms with Crippen LogP contribution in [0.2, 0.25) is 0 Å². The quantitative estimate of drug-likeness (QED) is 0.646. The normalized spacial score (nSPS) is 19.0. The highest BCUT2D eigenvalue weighted by molar-refractivity contribution is 7.89. The first-order valence-corrected chi connectivity index (χ1v) is 11.1. The van der Waals surface area contributed by atoms with Crippen molar-refractivity contribution in [2.45, 2.75) is 37.6 Å². The third-order valence-corrected chi connectivity index (χ3v) is 8.21. The number of amides is 1. The highest BCUT2D eigenvalue weighted by Gasteiger charge is 2.41. The molecule has 3 aromatic rings. The Morgan fingerprint density at radius 2 is 2.07 bits per heavy atom. The van der Waals surface area contributed by atoms with Crippen LogP contribution in [0, 0.1) is 13.8 Å². The van der Waals surface area contributed by atoms with Crippen molar-refractivity contribution in [3.05, 3.63) is 40.5 Å². The first-order valence-electron chi connectivity index (χ1n) is 8.88. The SMILES string of the molecule is Cc1noc(C)c1S(=O)(=O)N1CCC[C@H]1C(=O)N=c1sc2ccccc2n1C. The van der Waals surface area contributed by atoms with Crippen molar-refractivity contribution in [1.29, 1.82) is 0 Å². The van der Waals surface area contributed by atoms with E-state index in [1.807, 2.05) is 35.9 Å². The maximum Gasteiger partial charge on any atom is 0.266 e. The molecule has 0 saturated carbocycles. The van der Waals surface area contributed by atoms with Gasteiger partial charge < -0.3 is 9.09 Å². The minimum atomic E-state index is -3.89. The summed E-state index contributed by atoms with van der Waals surface area (Å²) in [5, 5.41) is 3.74. The standard InChI is InChI=1S/C18H20N4O4S2/c1-11-16(12(2)26-20-11)28(24,25)22-10-6-8-14(22)17(23)19-18-21(3)13-7-4-5-9-15(13)27-18/h4-5,7,9,14H,6,8,10H2,1-3H3/t14-/m0/s1. The first kappa shape index (κ1) is 19.0. The van der Waals surface area contributed by atoms with Crippen LogP contribution in [0.4, 0.5) is 0 Å². The Labute approximate surface area is 166 Å². The number of aromatic nitrogens is 2. The topological polar surface area (TPSA) is 97.8 Å². The lowest BCUT2D eigenvalue weighted by molar-refractivity contribution is -0.121. The Morgan fingerprint density at radius 3 is 2.75 bits per heavy atom. The van der Waals surface area contributed by atoms with Crippen LogP contribution in [0.3, 0.4) is 0 Å². The first-order chi connectivity index (χ1) is 13.3. The van der Waals surface area contributed by atoms with Crippen LogP contribution in [0.5, 0.6) is 0 Å². The van der Waals surface area contributed by atoms with Crippen molar-refractivity contribution in [2.75, 3.05) is 6.54 Å². The molecule has 1 amide bonds. The van der Waals surface area contributed by atoms with Crippen molar-refractivity contribution in [3.8, 4) is 0 Å². The summed E-state index contributed by atoms with van der Waals surface area (Å²) in [7, 11) is -2.04. The van der Waals surface area contributed by atoms with E-state index in [1.54, 1.807) is 13.8 Å². The van der Waals surface area contributed by atoms with E-state index >= 15 is 0 Å². The number of benzene rings is 1. The zero-order valence-corrected chi connectivity index (χ0v) is 17.4. The fourth-order valence-electron chi connectivity index (χ4n) is 3.59. The van der Waals surface area contributed by atoms with E-state index in [1.165, 1.54) is 15.6 Å². The number of thiazole rings is 1. The van der Waals surface area contributed by atoms with E-state index in [4.69, 9.17) is 4.52 Å². The smallest absolute Gasteiger partial charge is 0.266 e. The Morgan fingerprint density at radius 1 is 1.32 bits per heavy atom. The van der Waals surface area contributed by atoms with Crippen molar-refractivity contribution in [1.82, 2.24) is 14.0 Å². The number of hydrogen-bond donors (Lipinski definition) is 0. The maximum absolute atomic E-state index is 13.1. The molecule has 8 nitrogen and oxygen atoms in total. The summed E-state index contributed by atoms with van der Waals surface area (Å²) in [6.07, 6.45) is 1.05. The average Bonchev–Trinajstić information content (AvgIpc) is 3.35. The van der Waals surface area contributed by atoms with Crippen molar-refractivity contribution < 1.29 is 17.7 Å². The molecule has 0 bridgehead atoms. The molecule has 10 heteroatoms. The highest BCUT2D eigenvalue weighted by Crippen LogP contribution is 2.30. The second-order valence-corrected chi connectivity index (χ2v) is 9.62. The second-order valence-electron chi connectivity index (χ2n) is 6.79. The van der Waals surface area contributed by atoms with Crippen molar-refractivity contribution >= 4 is 37.5 Å². The number of aryl methyl sites for hydroxylation is 3. The number of hydrogen-bond acceptors (Lipinski definition) is 6. The van der Waals surface area contributed by atoms with Gasteiger partial charge in [0.05, 0.1) is 10.2 Å². The molecule has 0 spiro atoms. The van der Waals surface area contributed by atoms with E-state index in [0.29, 0.717) is 23.3 Å². The van der Waals surface area contributed by atoms with Crippen molar-refractivity contribution in [2.24, 2.45) is 12.0 Å². The van der Waals surface area contributed by atoms with E-state index < -0.39 is 22.0 Å². The zero-order valence-electron chi connectivity index (χ0n) is 15.7. The lowest BCUT2D eigenvalue weighted by atomic mass is 10.2. The minimum Gasteiger partial charge on any atom is -0.360 e. The summed E-state index contributed by atoms with van der Waals surface area (Å²) in [4.78, 5) is 17.8. The summed E-state index contributed by atoms with van der Waals surface area (Å²) in [6.45, 7) is 3.41. The Balaban J connectivity index is 1.72. The van der Waals surface area contributed by atoms with Crippen LogP contribution in [0.15, 0.2) is 38.7 Å². The van der Waals surface area contributed by atoms with E-state index in [2.05, 4.69) is 10.1 Å². The number of rotatable bonds is 3. The van der Waals surface area contributed by atoms with Gasteiger partial charge in [0.25, 0.3) is 5.91 Å². The van der Waals surface area contributed by atoms with Gasteiger partial charge in [-0.3, -0.25) is 4.79 Å². The summed E-state index contributed by atoms with van der Waals surface area (Å²) in [5.74, 6) is -0.224. The molecule has 3 heterocycles. The van der Waals surface area contributed by atoms with Gasteiger partial charge in [-0.2, -0.15) is 9.30 Å². The average molecular weight is 421 g/mol. The Bertz CT molecular complexity index is 1220. The third-order valence-electron chi connectivity index (χ3n) is 4.94. The minimum absolute atomic E-state index is 0.0413. The molecule has 28 heavy (non-hydrogen) atoms. The third kappa shape index (κ3) is 3.01. The van der Waals surface area contributed by atoms with E-state index in [9.17, 15) is 13.2 Å². The zero-order chi connectivity index (χ0) is 20.1. The number of carbonyl (C=O) groups is 1. The van der Waals surface area contributed by atoms with Crippen LogP contribution >= 0.6 is 11.3 Å². The predicted octanol–water partition coefficient (Wildman–Crippen LogP) is 2.13. The van der Waals surface area contributed by atoms with Gasteiger partial charge in [0.1, 0.15) is 16.6 Å². The molecule has 2 aromatic heterocycles. The fourth-order valence-corrected chi connectivity index (χ4v) is 6.56. The van der Waals surface area contributed by atoms with E-state index in [-0.39, 0.29) is 17.2 Å². The van der Waals surface area contributed by atoms with Gasteiger partial charge in [0, 0.05) is 13.6 Å². The van der Waals surface area contributed by atoms with Crippen LogP contribution in [-0.4, -0.2) is 40.9 Å². The number of nitrogens with zero attached hydrogens (tertiary/aromatic N) is 4. The molecule has 4 rings (SSSR count). The van der Waals surface area contributed by atoms with Gasteiger partial charge in [-0.25, -0.2) is 8.42 Å². The molecule has 1 aliphatic rings. The molecular weight excluding hydrogens is 400 g/mol. The molecule has 1 fully saturated rings. The highest BCUT2D eigenvalue weighted by atomic mass is 32.2. The van der Waals surface area contributed by atoms with Gasteiger partial charge in [-0.1, -0.05) is 28.6 Å². The van der Waals surface area contributed by atoms with Gasteiger partial charge in [0.2, 0.25) is 10.0 Å². The van der Waals surface area contributed by atoms with Crippen LogP contribution in [-0.2, 0) is 21.9 Å². The van der Waals surface area contributed by atoms with Crippen LogP contribution in [0.25, 0.3) is 10.2 Å². The molecule has 148 valence electrons. The lowest BCUT2D eigenvalue weighted by Crippen LogP contribution is -2.40. The monoisotopic (exact) mass is 420 g/mol.